The number of aliphatic hydroxyl groups excluding tert-OH is 2. The van der Waals surface area contributed by atoms with E-state index in [2.05, 4.69) is 20.8 Å². The lowest BCUT2D eigenvalue weighted by molar-refractivity contribution is -0.145. The van der Waals surface area contributed by atoms with Gasteiger partial charge in [-0.2, -0.15) is 0 Å². The molecule has 2 unspecified atom stereocenters. The van der Waals surface area contributed by atoms with E-state index < -0.39 is 30.1 Å². The summed E-state index contributed by atoms with van der Waals surface area (Å²) < 4.78 is 6.02. The Labute approximate surface area is 179 Å². The molecule has 0 bridgehead atoms. The number of halogens is 1. The van der Waals surface area contributed by atoms with Gasteiger partial charge in [0.1, 0.15) is 36.1 Å². The van der Waals surface area contributed by atoms with E-state index in [0.717, 1.165) is 5.56 Å². The molecule has 3 aliphatic heterocycles. The summed E-state index contributed by atoms with van der Waals surface area (Å²) in [4.78, 5) is 15.4. The van der Waals surface area contributed by atoms with Gasteiger partial charge in [0, 0.05) is 5.02 Å². The summed E-state index contributed by atoms with van der Waals surface area (Å²) in [5.41, 5.74) is 2.47. The van der Waals surface area contributed by atoms with Gasteiger partial charge in [-0.05, 0) is 31.0 Å². The van der Waals surface area contributed by atoms with Crippen molar-refractivity contribution in [1.29, 1.82) is 0 Å². The van der Waals surface area contributed by atoms with Crippen LogP contribution in [-0.4, -0.2) is 82.9 Å². The summed E-state index contributed by atoms with van der Waals surface area (Å²) in [6.45, 7) is 3.70. The average molecular weight is 440 g/mol. The number of fused-ring (bicyclic) bond motifs is 1. The predicted molar refractivity (Wildman–Crippen MR) is 110 cm³/mol. The third-order valence-corrected chi connectivity index (χ3v) is 6.27. The number of amidine groups is 1. The molecule has 10 nitrogen and oxygen atoms in total. The van der Waals surface area contributed by atoms with E-state index in [1.54, 1.807) is 36.4 Å². The zero-order valence-electron chi connectivity index (χ0n) is 16.9. The lowest BCUT2D eigenvalue weighted by Gasteiger charge is -2.36. The first-order valence-corrected chi connectivity index (χ1v) is 10.0. The van der Waals surface area contributed by atoms with Gasteiger partial charge in [0.15, 0.2) is 12.1 Å². The van der Waals surface area contributed by atoms with Crippen LogP contribution in [0.5, 0.6) is 0 Å². The third kappa shape index (κ3) is 3.48. The number of hydrogen-bond donors (Lipinski definition) is 5. The molecule has 0 aromatic heterocycles. The molecule has 1 aromatic carbocycles. The Morgan fingerprint density at radius 2 is 2.13 bits per heavy atom. The third-order valence-electron chi connectivity index (χ3n) is 5.85. The smallest absolute Gasteiger partial charge is 0.161 e. The zero-order valence-corrected chi connectivity index (χ0v) is 17.6. The zero-order chi connectivity index (χ0) is 21.6. The van der Waals surface area contributed by atoms with E-state index in [1.807, 2.05) is 6.92 Å². The van der Waals surface area contributed by atoms with E-state index in [4.69, 9.17) is 21.2 Å². The normalized spacial score (nSPS) is 35.2. The van der Waals surface area contributed by atoms with Crippen LogP contribution in [0, 0.1) is 6.92 Å². The Bertz CT molecular complexity index is 866. The summed E-state index contributed by atoms with van der Waals surface area (Å²) in [6, 6.07) is 4.72. The van der Waals surface area contributed by atoms with Crippen molar-refractivity contribution < 1.29 is 24.9 Å². The highest BCUT2D eigenvalue weighted by Gasteiger charge is 2.55. The number of hydroxylamine groups is 1. The lowest BCUT2D eigenvalue weighted by atomic mass is 9.86. The topological polar surface area (TPSA) is 131 Å². The van der Waals surface area contributed by atoms with Gasteiger partial charge in [-0.25, -0.2) is 0 Å². The molecule has 0 spiro atoms. The van der Waals surface area contributed by atoms with Gasteiger partial charge >= 0.3 is 0 Å². The van der Waals surface area contributed by atoms with Gasteiger partial charge in [-0.1, -0.05) is 23.7 Å². The molecule has 30 heavy (non-hydrogen) atoms. The molecule has 0 saturated carbocycles. The minimum atomic E-state index is -1.56. The molecule has 3 aliphatic rings. The molecule has 164 valence electrons. The molecule has 0 aliphatic carbocycles. The van der Waals surface area contributed by atoms with E-state index >= 15 is 0 Å². The van der Waals surface area contributed by atoms with E-state index in [1.165, 1.54) is 7.11 Å². The molecular weight excluding hydrogens is 414 g/mol. The Kier molecular flexibility index (Phi) is 5.75. The first-order valence-electron chi connectivity index (χ1n) is 9.63. The second-order valence-electron chi connectivity index (χ2n) is 7.85. The molecular formula is C19H26ClN5O5. The van der Waals surface area contributed by atoms with Gasteiger partial charge in [-0.15, -0.1) is 0 Å². The van der Waals surface area contributed by atoms with Gasteiger partial charge in [0.25, 0.3) is 0 Å². The average Bonchev–Trinajstić information content (AvgIpc) is 3.27. The number of nitrogens with one attached hydrogen (secondary N) is 2. The Morgan fingerprint density at radius 1 is 1.37 bits per heavy atom. The van der Waals surface area contributed by atoms with Crippen molar-refractivity contribution in [2.45, 2.75) is 56.2 Å². The van der Waals surface area contributed by atoms with Crippen molar-refractivity contribution in [3.63, 3.8) is 0 Å². The van der Waals surface area contributed by atoms with E-state index in [-0.39, 0.29) is 12.2 Å². The number of rotatable bonds is 4. The van der Waals surface area contributed by atoms with E-state index in [9.17, 15) is 15.3 Å². The van der Waals surface area contributed by atoms with E-state index in [0.29, 0.717) is 23.1 Å². The van der Waals surface area contributed by atoms with Gasteiger partial charge < -0.3 is 25.0 Å². The quantitative estimate of drug-likeness (QED) is 0.395. The molecule has 1 aromatic rings. The number of benzene rings is 1. The maximum Gasteiger partial charge on any atom is 0.161 e. The minimum absolute atomic E-state index is 0.323. The maximum atomic E-state index is 11.2. The maximum absolute atomic E-state index is 11.2. The molecule has 0 radical (unpaired) electrons. The van der Waals surface area contributed by atoms with Gasteiger partial charge in [-0.3, -0.25) is 25.6 Å². The number of aliphatic imine (C=N–C) groups is 2. The summed E-state index contributed by atoms with van der Waals surface area (Å²) >= 11 is 6.10. The van der Waals surface area contributed by atoms with Crippen molar-refractivity contribution in [1.82, 2.24) is 15.7 Å². The highest BCUT2D eigenvalue weighted by atomic mass is 35.5. The summed E-state index contributed by atoms with van der Waals surface area (Å²) in [6.07, 6.45) is -3.38. The highest BCUT2D eigenvalue weighted by molar-refractivity contribution is 6.31. The monoisotopic (exact) mass is 439 g/mol. The first-order chi connectivity index (χ1) is 14.3. The number of hydrogen-bond acceptors (Lipinski definition) is 10. The van der Waals surface area contributed by atoms with Crippen LogP contribution in [0.4, 0.5) is 0 Å². The van der Waals surface area contributed by atoms with Crippen LogP contribution in [0.2, 0.25) is 5.02 Å². The van der Waals surface area contributed by atoms with Crippen molar-refractivity contribution in [2.24, 2.45) is 9.98 Å². The summed E-state index contributed by atoms with van der Waals surface area (Å²) in [5.74, 6) is 0.549. The number of aliphatic hydroxyl groups is 3. The minimum Gasteiger partial charge on any atom is -0.387 e. The molecule has 0 amide bonds. The van der Waals surface area contributed by atoms with Crippen LogP contribution in [0.15, 0.2) is 28.2 Å². The highest BCUT2D eigenvalue weighted by Crippen LogP contribution is 2.38. The van der Waals surface area contributed by atoms with Gasteiger partial charge in [0.2, 0.25) is 0 Å². The second kappa shape index (κ2) is 8.04. The van der Waals surface area contributed by atoms with Crippen molar-refractivity contribution in [3.8, 4) is 0 Å². The largest absolute Gasteiger partial charge is 0.387 e. The first kappa shape index (κ1) is 21.4. The molecule has 3 heterocycles. The SMILES string of the molecule is CONC1=NCNC2C1N=CN2[C@@H]1O[C@H]([C@](C)(O)c2ccc(Cl)c(C)c2)[C@@H](O)[C@H]1O. The fraction of sp³-hybridized carbons (Fsp3) is 0.579. The van der Waals surface area contributed by atoms with Crippen LogP contribution in [0.3, 0.4) is 0 Å². The molecule has 5 N–H and O–H groups in total. The predicted octanol–water partition coefficient (Wildman–Crippen LogP) is -0.549. The van der Waals surface area contributed by atoms with Crippen molar-refractivity contribution in [3.05, 3.63) is 34.3 Å². The van der Waals surface area contributed by atoms with Crippen LogP contribution >= 0.6 is 11.6 Å². The fourth-order valence-electron chi connectivity index (χ4n) is 4.14. The van der Waals surface area contributed by atoms with Crippen molar-refractivity contribution >= 4 is 23.8 Å². The van der Waals surface area contributed by atoms with Crippen LogP contribution in [-0.2, 0) is 15.2 Å². The fourth-order valence-corrected chi connectivity index (χ4v) is 4.25. The van der Waals surface area contributed by atoms with Crippen LogP contribution in [0.25, 0.3) is 0 Å². The van der Waals surface area contributed by atoms with Crippen LogP contribution in [0.1, 0.15) is 18.1 Å². The second-order valence-corrected chi connectivity index (χ2v) is 8.26. The van der Waals surface area contributed by atoms with Gasteiger partial charge in [0.05, 0.1) is 20.1 Å². The lowest BCUT2D eigenvalue weighted by Crippen LogP contribution is -2.60. The molecule has 1 saturated heterocycles. The summed E-state index contributed by atoms with van der Waals surface area (Å²) in [5, 5.41) is 36.5. The Balaban J connectivity index is 1.56. The molecule has 7 atom stereocenters. The molecule has 11 heteroatoms. The molecule has 4 rings (SSSR count). The molecule has 1 fully saturated rings. The standard InChI is InChI=1S/C19H26ClN5O5/c1-9-6-10(4-5-11(9)20)19(2,28)15-13(26)14(27)18(30-15)25-8-23-12-16(24-29-3)21-7-22-17(12)25/h4-6,8,12-15,17-18,22,26-28H,7H2,1-3H3,(H,21,24)/t12?,13-,14+,15-,17?,18+,19+/m0/s1. The van der Waals surface area contributed by atoms with Crippen molar-refractivity contribution in [2.75, 3.05) is 13.8 Å². The number of nitrogens with zero attached hydrogens (tertiary/aromatic N) is 3. The summed E-state index contributed by atoms with van der Waals surface area (Å²) in [7, 11) is 1.49. The van der Waals surface area contributed by atoms with Crippen LogP contribution < -0.4 is 10.8 Å². The number of ether oxygens (including phenoxy) is 1. The Hall–Kier alpha value is -1.79. The Morgan fingerprint density at radius 3 is 2.83 bits per heavy atom. The number of aryl methyl sites for hydroxylation is 1.